The molecule has 128 valence electrons. The number of morpholine rings is 1. The summed E-state index contributed by atoms with van der Waals surface area (Å²) in [7, 11) is 0. The molecule has 1 aromatic carbocycles. The third-order valence-electron chi connectivity index (χ3n) is 3.84. The number of benzene rings is 1. The van der Waals surface area contributed by atoms with E-state index in [-0.39, 0.29) is 0 Å². The Morgan fingerprint density at radius 3 is 2.43 bits per heavy atom. The second-order valence-electron chi connectivity index (χ2n) is 5.83. The molecule has 2 rings (SSSR count). The van der Waals surface area contributed by atoms with Crippen LogP contribution in [0.2, 0.25) is 0 Å². The monoisotopic (exact) mass is 318 g/mol. The van der Waals surface area contributed by atoms with E-state index >= 15 is 0 Å². The molecule has 0 bridgehead atoms. The lowest BCUT2D eigenvalue weighted by molar-refractivity contribution is 0.0342. The summed E-state index contributed by atoms with van der Waals surface area (Å²) < 4.78 is 5.39. The summed E-state index contributed by atoms with van der Waals surface area (Å²) in [5, 5.41) is 6.60. The zero-order valence-corrected chi connectivity index (χ0v) is 14.5. The summed E-state index contributed by atoms with van der Waals surface area (Å²) in [4.78, 5) is 7.07. The van der Waals surface area contributed by atoms with Crippen LogP contribution in [0.15, 0.2) is 29.3 Å². The Kier molecular flexibility index (Phi) is 7.90. The van der Waals surface area contributed by atoms with Crippen LogP contribution < -0.4 is 10.6 Å². The van der Waals surface area contributed by atoms with Gasteiger partial charge in [-0.3, -0.25) is 4.90 Å². The Morgan fingerprint density at radius 1 is 1.09 bits per heavy atom. The van der Waals surface area contributed by atoms with Crippen LogP contribution in [0.4, 0.5) is 0 Å². The Morgan fingerprint density at radius 2 is 1.78 bits per heavy atom. The molecular formula is C18H30N4O. The molecule has 1 fully saturated rings. The van der Waals surface area contributed by atoms with Gasteiger partial charge in [0.05, 0.1) is 19.8 Å². The Labute approximate surface area is 140 Å². The molecule has 0 radical (unpaired) electrons. The van der Waals surface area contributed by atoms with Crippen LogP contribution in [0.3, 0.4) is 0 Å². The summed E-state index contributed by atoms with van der Waals surface area (Å²) >= 11 is 0. The highest BCUT2D eigenvalue weighted by atomic mass is 16.5. The van der Waals surface area contributed by atoms with Gasteiger partial charge in [0, 0.05) is 32.7 Å². The highest BCUT2D eigenvalue weighted by Crippen LogP contribution is 2.10. The molecule has 0 unspecified atom stereocenters. The summed E-state index contributed by atoms with van der Waals surface area (Å²) in [6.07, 6.45) is 1.10. The SMILES string of the molecule is CCCNC(=NCc1ccc(CN2CCOCC2)cc1)NCC. The fourth-order valence-electron chi connectivity index (χ4n) is 2.52. The normalized spacial score (nSPS) is 16.3. The first kappa shape index (κ1) is 17.8. The van der Waals surface area contributed by atoms with Crippen molar-refractivity contribution in [3.05, 3.63) is 35.4 Å². The minimum Gasteiger partial charge on any atom is -0.379 e. The van der Waals surface area contributed by atoms with E-state index in [1.165, 1.54) is 11.1 Å². The number of ether oxygens (including phenoxy) is 1. The smallest absolute Gasteiger partial charge is 0.191 e. The molecule has 0 amide bonds. The van der Waals surface area contributed by atoms with E-state index < -0.39 is 0 Å². The second kappa shape index (κ2) is 10.2. The van der Waals surface area contributed by atoms with Crippen LogP contribution >= 0.6 is 0 Å². The van der Waals surface area contributed by atoms with Gasteiger partial charge in [0.25, 0.3) is 0 Å². The minimum atomic E-state index is 0.705. The molecule has 1 saturated heterocycles. The van der Waals surface area contributed by atoms with E-state index in [0.717, 1.165) is 58.3 Å². The van der Waals surface area contributed by atoms with Gasteiger partial charge in [0.1, 0.15) is 0 Å². The number of hydrogen-bond acceptors (Lipinski definition) is 3. The van der Waals surface area contributed by atoms with E-state index in [1.54, 1.807) is 0 Å². The molecule has 5 nitrogen and oxygen atoms in total. The van der Waals surface area contributed by atoms with Gasteiger partial charge < -0.3 is 15.4 Å². The average Bonchev–Trinajstić information content (AvgIpc) is 2.59. The van der Waals surface area contributed by atoms with E-state index in [4.69, 9.17) is 4.74 Å². The lowest BCUT2D eigenvalue weighted by Gasteiger charge is -2.26. The zero-order valence-electron chi connectivity index (χ0n) is 14.5. The van der Waals surface area contributed by atoms with Crippen LogP contribution in [0.1, 0.15) is 31.4 Å². The predicted octanol–water partition coefficient (Wildman–Crippen LogP) is 1.98. The van der Waals surface area contributed by atoms with Crippen molar-refractivity contribution in [3.8, 4) is 0 Å². The van der Waals surface area contributed by atoms with Gasteiger partial charge in [-0.15, -0.1) is 0 Å². The van der Waals surface area contributed by atoms with E-state index in [9.17, 15) is 0 Å². The molecule has 1 aliphatic rings. The number of guanidine groups is 1. The largest absolute Gasteiger partial charge is 0.379 e. The lowest BCUT2D eigenvalue weighted by Crippen LogP contribution is -2.37. The molecule has 5 heteroatoms. The molecule has 23 heavy (non-hydrogen) atoms. The molecule has 0 spiro atoms. The van der Waals surface area contributed by atoms with E-state index in [0.29, 0.717) is 6.54 Å². The van der Waals surface area contributed by atoms with Gasteiger partial charge in [-0.05, 0) is 24.5 Å². The Balaban J connectivity index is 1.85. The molecule has 0 aromatic heterocycles. The van der Waals surface area contributed by atoms with Crippen molar-refractivity contribution < 1.29 is 4.74 Å². The molecule has 1 aromatic rings. The Bertz CT molecular complexity index is 466. The van der Waals surface area contributed by atoms with Gasteiger partial charge in [-0.25, -0.2) is 4.99 Å². The van der Waals surface area contributed by atoms with Gasteiger partial charge in [-0.2, -0.15) is 0 Å². The van der Waals surface area contributed by atoms with E-state index in [1.807, 2.05) is 0 Å². The van der Waals surface area contributed by atoms with Crippen molar-refractivity contribution in [2.45, 2.75) is 33.4 Å². The van der Waals surface area contributed by atoms with Crippen molar-refractivity contribution in [1.82, 2.24) is 15.5 Å². The van der Waals surface area contributed by atoms with Crippen molar-refractivity contribution >= 4 is 5.96 Å². The first-order valence-electron chi connectivity index (χ1n) is 8.72. The topological polar surface area (TPSA) is 48.9 Å². The van der Waals surface area contributed by atoms with Gasteiger partial charge in [-0.1, -0.05) is 31.2 Å². The van der Waals surface area contributed by atoms with Crippen molar-refractivity contribution in [2.24, 2.45) is 4.99 Å². The van der Waals surface area contributed by atoms with Crippen LogP contribution in [-0.2, 0) is 17.8 Å². The third kappa shape index (κ3) is 6.59. The molecule has 0 aliphatic carbocycles. The summed E-state index contributed by atoms with van der Waals surface area (Å²) in [6, 6.07) is 8.80. The van der Waals surface area contributed by atoms with Crippen LogP contribution in [0.25, 0.3) is 0 Å². The fraction of sp³-hybridized carbons (Fsp3) is 0.611. The maximum absolute atomic E-state index is 5.39. The molecule has 0 saturated carbocycles. The Hall–Kier alpha value is -1.59. The quantitative estimate of drug-likeness (QED) is 0.596. The lowest BCUT2D eigenvalue weighted by atomic mass is 10.1. The number of nitrogens with zero attached hydrogens (tertiary/aromatic N) is 2. The van der Waals surface area contributed by atoms with Gasteiger partial charge in [0.2, 0.25) is 0 Å². The van der Waals surface area contributed by atoms with E-state index in [2.05, 4.69) is 58.6 Å². The molecule has 1 heterocycles. The van der Waals surface area contributed by atoms with Crippen molar-refractivity contribution in [3.63, 3.8) is 0 Å². The van der Waals surface area contributed by atoms with Gasteiger partial charge >= 0.3 is 0 Å². The highest BCUT2D eigenvalue weighted by Gasteiger charge is 2.10. The second-order valence-corrected chi connectivity index (χ2v) is 5.83. The van der Waals surface area contributed by atoms with Crippen LogP contribution in [0, 0.1) is 0 Å². The summed E-state index contributed by atoms with van der Waals surface area (Å²) in [6.45, 7) is 11.5. The summed E-state index contributed by atoms with van der Waals surface area (Å²) in [5.74, 6) is 0.895. The highest BCUT2D eigenvalue weighted by molar-refractivity contribution is 5.79. The number of aliphatic imine (C=N–C) groups is 1. The third-order valence-corrected chi connectivity index (χ3v) is 3.84. The average molecular weight is 318 g/mol. The first-order valence-corrected chi connectivity index (χ1v) is 8.72. The molecule has 0 atom stereocenters. The molecule has 1 aliphatic heterocycles. The van der Waals surface area contributed by atoms with Gasteiger partial charge in [0.15, 0.2) is 5.96 Å². The minimum absolute atomic E-state index is 0.705. The number of rotatable bonds is 7. The van der Waals surface area contributed by atoms with Crippen molar-refractivity contribution in [1.29, 1.82) is 0 Å². The molecule has 2 N–H and O–H groups in total. The van der Waals surface area contributed by atoms with Crippen LogP contribution in [0.5, 0.6) is 0 Å². The van der Waals surface area contributed by atoms with Crippen LogP contribution in [-0.4, -0.2) is 50.3 Å². The predicted molar refractivity (Wildman–Crippen MR) is 95.6 cm³/mol. The maximum atomic E-state index is 5.39. The number of nitrogens with one attached hydrogen (secondary N) is 2. The summed E-state index contributed by atoms with van der Waals surface area (Å²) in [5.41, 5.74) is 2.60. The first-order chi connectivity index (χ1) is 11.3. The maximum Gasteiger partial charge on any atom is 0.191 e. The molecular weight excluding hydrogens is 288 g/mol. The standard InChI is InChI=1S/C18H30N4O/c1-3-9-20-18(19-4-2)21-14-16-5-7-17(8-6-16)15-22-10-12-23-13-11-22/h5-8H,3-4,9-15H2,1-2H3,(H2,19,20,21). The fourth-order valence-corrected chi connectivity index (χ4v) is 2.52. The van der Waals surface area contributed by atoms with Crippen molar-refractivity contribution in [2.75, 3.05) is 39.4 Å². The number of hydrogen-bond donors (Lipinski definition) is 2. The zero-order chi connectivity index (χ0) is 16.3.